The summed E-state index contributed by atoms with van der Waals surface area (Å²) in [6.45, 7) is 2.20. The Kier molecular flexibility index (Phi) is 11.8. The Labute approximate surface area is 367 Å². The number of H-pyrrole nitrogens is 1. The van der Waals surface area contributed by atoms with E-state index in [-0.39, 0.29) is 29.5 Å². The fraction of sp³-hybridized carbons (Fsp3) is 0.298. The molecule has 0 radical (unpaired) electrons. The van der Waals surface area contributed by atoms with Gasteiger partial charge < -0.3 is 41.4 Å². The van der Waals surface area contributed by atoms with Crippen molar-refractivity contribution in [2.45, 2.75) is 76.2 Å². The fourth-order valence-corrected chi connectivity index (χ4v) is 10.4. The molecule has 15 heteroatoms. The first kappa shape index (κ1) is 41.2. The highest BCUT2D eigenvalue weighted by Crippen LogP contribution is 2.41. The predicted molar refractivity (Wildman–Crippen MR) is 244 cm³/mol. The number of carbonyl (C=O) groups is 5. The van der Waals surface area contributed by atoms with Crippen LogP contribution in [-0.2, 0) is 56.3 Å². The molecule has 13 nitrogen and oxygen atoms in total. The second kappa shape index (κ2) is 17.7. The largest absolute Gasteiger partial charge is 0.361 e. The summed E-state index contributed by atoms with van der Waals surface area (Å²) in [7, 11) is 0. The van der Waals surface area contributed by atoms with E-state index >= 15 is 0 Å². The SMILES string of the molecule is NC1Cc2cccc(N3CCCC3=O)c2N(Cc2ccsc2)C1=O.N[C@H](Cc1c[nH]c2ccccc12)C(=O)NC1Cc2cccc(N3CCCC3=O)c2N(Cc2ccsc2)C1=O. The van der Waals surface area contributed by atoms with Gasteiger partial charge in [-0.1, -0.05) is 42.5 Å². The molecule has 0 spiro atoms. The summed E-state index contributed by atoms with van der Waals surface area (Å²) < 4.78 is 0. The van der Waals surface area contributed by atoms with Gasteiger partial charge in [0.25, 0.3) is 0 Å². The molecular weight excluding hydrogens is 821 g/mol. The van der Waals surface area contributed by atoms with Gasteiger partial charge in [-0.2, -0.15) is 22.7 Å². The third-order valence-electron chi connectivity index (χ3n) is 12.1. The summed E-state index contributed by atoms with van der Waals surface area (Å²) in [6.07, 6.45) is 5.84. The average Bonchev–Trinajstić information content (AvgIpc) is 4.14. The van der Waals surface area contributed by atoms with Crippen LogP contribution in [0.5, 0.6) is 0 Å². The Morgan fingerprint density at radius 2 is 1.32 bits per heavy atom. The number of benzene rings is 3. The number of aromatic nitrogens is 1. The van der Waals surface area contributed by atoms with Crippen LogP contribution in [0.25, 0.3) is 10.9 Å². The normalized spacial score (nSPS) is 19.1. The molecule has 2 saturated heterocycles. The smallest absolute Gasteiger partial charge is 0.250 e. The standard InChI is InChI=1S/C29H29N5O3S.C18H19N3O2S/c30-22(13-20-15-31-23-7-2-1-6-21(20)23)28(36)32-24-14-19-5-3-8-25(33-11-4-9-26(33)35)27(19)34(29(24)37)16-18-10-12-38-17-18;19-14-9-13-3-1-4-15(20-7-2-5-16(20)22)17(13)21(18(14)23)10-12-6-8-24-11-12/h1-3,5-8,10,12,15,17,22,24,31H,4,9,11,13-14,16,30H2,(H,32,36);1,3-4,6,8,11,14H,2,5,7,9-10,19H2/t22-,24?;/m1./s1. The molecule has 62 heavy (non-hydrogen) atoms. The van der Waals surface area contributed by atoms with Gasteiger partial charge in [0.15, 0.2) is 0 Å². The first-order chi connectivity index (χ1) is 30.1. The van der Waals surface area contributed by atoms with Crippen molar-refractivity contribution in [3.05, 3.63) is 128 Å². The minimum Gasteiger partial charge on any atom is -0.361 e. The first-order valence-corrected chi connectivity index (χ1v) is 22.9. The van der Waals surface area contributed by atoms with E-state index in [0.717, 1.165) is 74.3 Å². The molecule has 7 heterocycles. The van der Waals surface area contributed by atoms with Crippen molar-refractivity contribution >= 4 is 85.9 Å². The second-order valence-electron chi connectivity index (χ2n) is 16.2. The lowest BCUT2D eigenvalue weighted by molar-refractivity contribution is -0.128. The number of anilines is 4. The summed E-state index contributed by atoms with van der Waals surface area (Å²) in [5.74, 6) is -0.442. The summed E-state index contributed by atoms with van der Waals surface area (Å²) in [4.78, 5) is 75.0. The van der Waals surface area contributed by atoms with E-state index in [1.165, 1.54) is 0 Å². The number of carbonyl (C=O) groups excluding carboxylic acids is 5. The highest BCUT2D eigenvalue weighted by atomic mass is 32.1. The molecular formula is C47H48N8O5S2. The number of rotatable bonds is 10. The monoisotopic (exact) mass is 868 g/mol. The van der Waals surface area contributed by atoms with Crippen molar-refractivity contribution < 1.29 is 24.0 Å². The highest BCUT2D eigenvalue weighted by molar-refractivity contribution is 7.08. The van der Waals surface area contributed by atoms with Crippen LogP contribution in [0.3, 0.4) is 0 Å². The number of amides is 5. The summed E-state index contributed by atoms with van der Waals surface area (Å²) in [5, 5.41) is 12.0. The minimum atomic E-state index is -0.803. The van der Waals surface area contributed by atoms with Crippen molar-refractivity contribution in [2.75, 3.05) is 32.7 Å². The molecule has 2 fully saturated rings. The molecule has 3 aromatic heterocycles. The van der Waals surface area contributed by atoms with Gasteiger partial charge in [0.05, 0.1) is 47.9 Å². The number of hydrogen-bond donors (Lipinski definition) is 4. The van der Waals surface area contributed by atoms with E-state index in [1.54, 1.807) is 37.4 Å². The Hall–Kier alpha value is -6.13. The van der Waals surface area contributed by atoms with E-state index in [1.807, 2.05) is 105 Å². The second-order valence-corrected chi connectivity index (χ2v) is 17.8. The minimum absolute atomic E-state index is 0.0695. The third kappa shape index (κ3) is 8.16. The first-order valence-electron chi connectivity index (χ1n) is 21.0. The Balaban J connectivity index is 0.000000175. The van der Waals surface area contributed by atoms with Gasteiger partial charge in [-0.05, 0) is 105 Å². The molecule has 0 aliphatic carbocycles. The summed E-state index contributed by atoms with van der Waals surface area (Å²) >= 11 is 3.17. The molecule has 0 bridgehead atoms. The number of nitrogens with zero attached hydrogens (tertiary/aromatic N) is 4. The van der Waals surface area contributed by atoms with Gasteiger partial charge in [0.1, 0.15) is 6.04 Å². The maximum absolute atomic E-state index is 13.9. The van der Waals surface area contributed by atoms with Gasteiger partial charge in [-0.25, -0.2) is 0 Å². The number of fused-ring (bicyclic) bond motifs is 3. The Morgan fingerprint density at radius 1 is 0.742 bits per heavy atom. The molecule has 0 saturated carbocycles. The number of para-hydroxylation sites is 3. The molecule has 3 atom stereocenters. The molecule has 6 aromatic rings. The van der Waals surface area contributed by atoms with Crippen molar-refractivity contribution in [3.8, 4) is 0 Å². The number of nitrogens with two attached hydrogens (primary N) is 2. The topological polar surface area (TPSA) is 178 Å². The molecule has 2 unspecified atom stereocenters. The van der Waals surface area contributed by atoms with Gasteiger partial charge in [0.2, 0.25) is 29.5 Å². The zero-order chi connectivity index (χ0) is 42.9. The molecule has 10 rings (SSSR count). The fourth-order valence-electron chi connectivity index (χ4n) is 9.06. The Bertz CT molecular complexity index is 2640. The van der Waals surface area contributed by atoms with Gasteiger partial charge in [0, 0.05) is 49.5 Å². The average molecular weight is 869 g/mol. The van der Waals surface area contributed by atoms with E-state index < -0.39 is 18.1 Å². The number of thiophene rings is 2. The number of nitrogens with one attached hydrogen (secondary N) is 2. The number of hydrogen-bond acceptors (Lipinski definition) is 9. The molecule has 5 amide bonds. The van der Waals surface area contributed by atoms with Crippen LogP contribution >= 0.6 is 22.7 Å². The molecule has 4 aliphatic rings. The van der Waals surface area contributed by atoms with Crippen LogP contribution in [0.2, 0.25) is 0 Å². The maximum Gasteiger partial charge on any atom is 0.250 e. The van der Waals surface area contributed by atoms with E-state index in [0.29, 0.717) is 58.3 Å². The summed E-state index contributed by atoms with van der Waals surface area (Å²) in [6, 6.07) is 21.5. The molecule has 4 aliphatic heterocycles. The van der Waals surface area contributed by atoms with Crippen molar-refractivity contribution in [1.29, 1.82) is 0 Å². The zero-order valence-electron chi connectivity index (χ0n) is 34.1. The Morgan fingerprint density at radius 3 is 1.89 bits per heavy atom. The van der Waals surface area contributed by atoms with Crippen LogP contribution < -0.4 is 36.4 Å². The van der Waals surface area contributed by atoms with Crippen LogP contribution in [0, 0.1) is 0 Å². The van der Waals surface area contributed by atoms with Gasteiger partial charge >= 0.3 is 0 Å². The van der Waals surface area contributed by atoms with Crippen molar-refractivity contribution in [3.63, 3.8) is 0 Å². The van der Waals surface area contributed by atoms with Crippen LogP contribution in [0.1, 0.15) is 53.5 Å². The van der Waals surface area contributed by atoms with E-state index in [4.69, 9.17) is 11.5 Å². The zero-order valence-corrected chi connectivity index (χ0v) is 35.8. The van der Waals surface area contributed by atoms with Crippen LogP contribution in [0.15, 0.2) is 101 Å². The van der Waals surface area contributed by atoms with E-state index in [2.05, 4.69) is 10.3 Å². The van der Waals surface area contributed by atoms with Gasteiger partial charge in [-0.15, -0.1) is 0 Å². The van der Waals surface area contributed by atoms with E-state index in [9.17, 15) is 24.0 Å². The predicted octanol–water partition coefficient (Wildman–Crippen LogP) is 5.79. The molecule has 6 N–H and O–H groups in total. The van der Waals surface area contributed by atoms with Crippen LogP contribution in [0.4, 0.5) is 22.7 Å². The lowest BCUT2D eigenvalue weighted by atomic mass is 9.94. The lowest BCUT2D eigenvalue weighted by Crippen LogP contribution is -2.56. The molecule has 318 valence electrons. The summed E-state index contributed by atoms with van der Waals surface area (Å²) in [5.41, 5.74) is 21.6. The van der Waals surface area contributed by atoms with Crippen molar-refractivity contribution in [2.24, 2.45) is 11.5 Å². The van der Waals surface area contributed by atoms with Crippen LogP contribution in [-0.4, -0.2) is 65.7 Å². The number of aromatic amines is 1. The molecule has 3 aromatic carbocycles. The van der Waals surface area contributed by atoms with Crippen molar-refractivity contribution in [1.82, 2.24) is 10.3 Å². The third-order valence-corrected chi connectivity index (χ3v) is 13.5. The highest BCUT2D eigenvalue weighted by Gasteiger charge is 2.39. The lowest BCUT2D eigenvalue weighted by Gasteiger charge is -2.37. The maximum atomic E-state index is 13.9. The van der Waals surface area contributed by atoms with Gasteiger partial charge in [-0.3, -0.25) is 24.0 Å². The quantitative estimate of drug-likeness (QED) is 0.135.